The number of aryl methyl sites for hydroxylation is 1. The third-order valence-corrected chi connectivity index (χ3v) is 3.38. The Kier molecular flexibility index (Phi) is 5.74. The monoisotopic (exact) mass is 311 g/mol. The lowest BCUT2D eigenvalue weighted by molar-refractivity contribution is -0.119. The second-order valence-corrected chi connectivity index (χ2v) is 5.43. The van der Waals surface area contributed by atoms with E-state index in [1.807, 2.05) is 61.5 Å². The van der Waals surface area contributed by atoms with Crippen molar-refractivity contribution >= 4 is 23.3 Å². The van der Waals surface area contributed by atoms with Gasteiger partial charge in [-0.05, 0) is 36.2 Å². The molecule has 5 nitrogen and oxygen atoms in total. The maximum Gasteiger partial charge on any atom is 0.325 e. The topological polar surface area (TPSA) is 61.4 Å². The molecule has 0 aliphatic carbocycles. The Morgan fingerprint density at radius 3 is 2.22 bits per heavy atom. The summed E-state index contributed by atoms with van der Waals surface area (Å²) in [5.74, 6) is -0.295. The Balaban J connectivity index is 1.78. The van der Waals surface area contributed by atoms with Gasteiger partial charge in [0.15, 0.2) is 0 Å². The zero-order valence-corrected chi connectivity index (χ0v) is 13.4. The number of anilines is 2. The molecule has 0 bridgehead atoms. The minimum Gasteiger partial charge on any atom is -0.378 e. The molecule has 0 unspecified atom stereocenters. The van der Waals surface area contributed by atoms with Gasteiger partial charge < -0.3 is 10.2 Å². The van der Waals surface area contributed by atoms with Gasteiger partial charge in [0.25, 0.3) is 0 Å². The molecular formula is C18H21N3O2. The molecule has 120 valence electrons. The number of imide groups is 1. The molecule has 2 N–H and O–H groups in total. The SMILES string of the molecule is CN(C)c1ccc(NC(=O)NC(=O)CCc2ccccc2)cc1. The molecule has 5 heteroatoms. The molecule has 0 aromatic heterocycles. The summed E-state index contributed by atoms with van der Waals surface area (Å²) in [5, 5.41) is 4.98. The second kappa shape index (κ2) is 7.98. The molecule has 0 saturated heterocycles. The zero-order chi connectivity index (χ0) is 16.7. The number of nitrogens with one attached hydrogen (secondary N) is 2. The second-order valence-electron chi connectivity index (χ2n) is 5.43. The summed E-state index contributed by atoms with van der Waals surface area (Å²) in [6.07, 6.45) is 0.883. The normalized spacial score (nSPS) is 10.0. The number of amides is 3. The fourth-order valence-electron chi connectivity index (χ4n) is 2.10. The van der Waals surface area contributed by atoms with Crippen molar-refractivity contribution in [1.29, 1.82) is 0 Å². The summed E-state index contributed by atoms with van der Waals surface area (Å²) >= 11 is 0. The van der Waals surface area contributed by atoms with E-state index in [-0.39, 0.29) is 12.3 Å². The van der Waals surface area contributed by atoms with Crippen LogP contribution in [0.5, 0.6) is 0 Å². The lowest BCUT2D eigenvalue weighted by atomic mass is 10.1. The Hall–Kier alpha value is -2.82. The Labute approximate surface area is 136 Å². The smallest absolute Gasteiger partial charge is 0.325 e. The molecule has 0 fully saturated rings. The predicted molar refractivity (Wildman–Crippen MR) is 92.7 cm³/mol. The number of urea groups is 1. The maximum atomic E-state index is 11.8. The Morgan fingerprint density at radius 2 is 1.61 bits per heavy atom. The first-order valence-electron chi connectivity index (χ1n) is 7.47. The first kappa shape index (κ1) is 16.5. The Bertz CT molecular complexity index is 652. The molecular weight excluding hydrogens is 290 g/mol. The van der Waals surface area contributed by atoms with Crippen molar-refractivity contribution in [2.75, 3.05) is 24.3 Å². The fraction of sp³-hybridized carbons (Fsp3) is 0.222. The van der Waals surface area contributed by atoms with Crippen molar-refractivity contribution in [2.24, 2.45) is 0 Å². The Morgan fingerprint density at radius 1 is 0.957 bits per heavy atom. The minimum atomic E-state index is -0.513. The van der Waals surface area contributed by atoms with Gasteiger partial charge in [-0.3, -0.25) is 10.1 Å². The highest BCUT2D eigenvalue weighted by molar-refractivity contribution is 6.01. The van der Waals surface area contributed by atoms with Crippen LogP contribution in [-0.2, 0) is 11.2 Å². The van der Waals surface area contributed by atoms with Gasteiger partial charge in [0.1, 0.15) is 0 Å². The van der Waals surface area contributed by atoms with E-state index in [1.165, 1.54) is 0 Å². The van der Waals surface area contributed by atoms with E-state index in [0.717, 1.165) is 11.3 Å². The van der Waals surface area contributed by atoms with Crippen LogP contribution in [-0.4, -0.2) is 26.0 Å². The van der Waals surface area contributed by atoms with Gasteiger partial charge in [0, 0.05) is 31.9 Å². The molecule has 0 atom stereocenters. The molecule has 0 spiro atoms. The number of benzene rings is 2. The number of carbonyl (C=O) groups is 2. The van der Waals surface area contributed by atoms with Gasteiger partial charge >= 0.3 is 6.03 Å². The van der Waals surface area contributed by atoms with Gasteiger partial charge in [0.05, 0.1) is 0 Å². The van der Waals surface area contributed by atoms with Crippen molar-refractivity contribution in [3.8, 4) is 0 Å². The average molecular weight is 311 g/mol. The maximum absolute atomic E-state index is 11.8. The molecule has 0 saturated carbocycles. The summed E-state index contributed by atoms with van der Waals surface area (Å²) in [4.78, 5) is 25.6. The molecule has 2 rings (SSSR count). The third-order valence-electron chi connectivity index (χ3n) is 3.38. The lowest BCUT2D eigenvalue weighted by Crippen LogP contribution is -2.34. The minimum absolute atomic E-state index is 0.275. The van der Waals surface area contributed by atoms with Crippen LogP contribution in [0.4, 0.5) is 16.2 Å². The van der Waals surface area contributed by atoms with Crippen LogP contribution in [0.3, 0.4) is 0 Å². The molecule has 23 heavy (non-hydrogen) atoms. The molecule has 2 aromatic carbocycles. The van der Waals surface area contributed by atoms with Crippen LogP contribution in [0, 0.1) is 0 Å². The summed E-state index contributed by atoms with van der Waals surface area (Å²) in [6.45, 7) is 0. The van der Waals surface area contributed by atoms with Crippen molar-refractivity contribution in [3.63, 3.8) is 0 Å². The predicted octanol–water partition coefficient (Wildman–Crippen LogP) is 3.03. The molecule has 2 aromatic rings. The van der Waals surface area contributed by atoms with E-state index < -0.39 is 6.03 Å². The van der Waals surface area contributed by atoms with E-state index >= 15 is 0 Å². The molecule has 3 amide bonds. The van der Waals surface area contributed by atoms with Crippen LogP contribution in [0.15, 0.2) is 54.6 Å². The highest BCUT2D eigenvalue weighted by Gasteiger charge is 2.08. The van der Waals surface area contributed by atoms with E-state index in [1.54, 1.807) is 12.1 Å². The van der Waals surface area contributed by atoms with E-state index in [2.05, 4.69) is 10.6 Å². The van der Waals surface area contributed by atoms with Crippen molar-refractivity contribution < 1.29 is 9.59 Å². The van der Waals surface area contributed by atoms with Crippen molar-refractivity contribution in [2.45, 2.75) is 12.8 Å². The largest absolute Gasteiger partial charge is 0.378 e. The first-order chi connectivity index (χ1) is 11.0. The average Bonchev–Trinajstić information content (AvgIpc) is 2.54. The first-order valence-corrected chi connectivity index (χ1v) is 7.47. The fourth-order valence-corrected chi connectivity index (χ4v) is 2.10. The van der Waals surface area contributed by atoms with Gasteiger partial charge in [-0.1, -0.05) is 30.3 Å². The van der Waals surface area contributed by atoms with Crippen LogP contribution < -0.4 is 15.5 Å². The third kappa shape index (κ3) is 5.47. The summed E-state index contributed by atoms with van der Waals surface area (Å²) < 4.78 is 0. The number of hydrogen-bond donors (Lipinski definition) is 2. The molecule has 0 aliphatic heterocycles. The molecule has 0 heterocycles. The summed E-state index contributed by atoms with van der Waals surface area (Å²) in [6, 6.07) is 16.6. The van der Waals surface area contributed by atoms with Gasteiger partial charge in [-0.25, -0.2) is 4.79 Å². The molecule has 0 radical (unpaired) electrons. The highest BCUT2D eigenvalue weighted by Crippen LogP contribution is 2.15. The van der Waals surface area contributed by atoms with Crippen molar-refractivity contribution in [1.82, 2.24) is 5.32 Å². The van der Waals surface area contributed by atoms with Crippen LogP contribution in [0.2, 0.25) is 0 Å². The van der Waals surface area contributed by atoms with Gasteiger partial charge in [-0.2, -0.15) is 0 Å². The van der Waals surface area contributed by atoms with Crippen molar-refractivity contribution in [3.05, 3.63) is 60.2 Å². The highest BCUT2D eigenvalue weighted by atomic mass is 16.2. The number of nitrogens with zero attached hydrogens (tertiary/aromatic N) is 1. The number of rotatable bonds is 5. The van der Waals surface area contributed by atoms with Crippen LogP contribution in [0.25, 0.3) is 0 Å². The summed E-state index contributed by atoms with van der Waals surface area (Å²) in [5.41, 5.74) is 2.75. The zero-order valence-electron chi connectivity index (χ0n) is 13.4. The number of hydrogen-bond acceptors (Lipinski definition) is 3. The lowest BCUT2D eigenvalue weighted by Gasteiger charge is -2.13. The quantitative estimate of drug-likeness (QED) is 0.892. The van der Waals surface area contributed by atoms with E-state index in [4.69, 9.17) is 0 Å². The molecule has 0 aliphatic rings. The summed E-state index contributed by atoms with van der Waals surface area (Å²) in [7, 11) is 3.89. The van der Waals surface area contributed by atoms with Crippen LogP contribution >= 0.6 is 0 Å². The van der Waals surface area contributed by atoms with Gasteiger partial charge in [-0.15, -0.1) is 0 Å². The van der Waals surface area contributed by atoms with Crippen LogP contribution in [0.1, 0.15) is 12.0 Å². The number of carbonyl (C=O) groups excluding carboxylic acids is 2. The van der Waals surface area contributed by atoms with Gasteiger partial charge in [0.2, 0.25) is 5.91 Å². The van der Waals surface area contributed by atoms with E-state index in [9.17, 15) is 9.59 Å². The van der Waals surface area contributed by atoms with E-state index in [0.29, 0.717) is 12.1 Å². The standard InChI is InChI=1S/C18H21N3O2/c1-21(2)16-11-9-15(10-12-16)19-18(23)20-17(22)13-8-14-6-4-3-5-7-14/h3-7,9-12H,8,13H2,1-2H3,(H2,19,20,22,23).